The molecule has 0 aliphatic carbocycles. The second-order valence-electron chi connectivity index (χ2n) is 8.55. The van der Waals surface area contributed by atoms with E-state index < -0.39 is 5.97 Å². The van der Waals surface area contributed by atoms with Crippen molar-refractivity contribution in [3.63, 3.8) is 0 Å². The van der Waals surface area contributed by atoms with Gasteiger partial charge in [-0.15, -0.1) is 0 Å². The van der Waals surface area contributed by atoms with E-state index in [4.69, 9.17) is 33.0 Å². The minimum absolute atomic E-state index is 0.00237. The van der Waals surface area contributed by atoms with E-state index in [-0.39, 0.29) is 24.7 Å². The number of hydrogen-bond donors (Lipinski definition) is 2. The largest absolute Gasteiger partial charge is 0.490 e. The van der Waals surface area contributed by atoms with Crippen molar-refractivity contribution in [2.75, 3.05) is 11.9 Å². The third-order valence-corrected chi connectivity index (χ3v) is 6.22. The Morgan fingerprint density at radius 1 is 1.03 bits per heavy atom. The van der Waals surface area contributed by atoms with Gasteiger partial charge >= 0.3 is 5.97 Å². The van der Waals surface area contributed by atoms with E-state index in [1.807, 2.05) is 30.3 Å². The number of Topliss-reactive ketones (excluding diaryl/α,β-unsaturated/α-hetero) is 1. The first kappa shape index (κ1) is 27.5. The zero-order valence-corrected chi connectivity index (χ0v) is 21.7. The van der Waals surface area contributed by atoms with E-state index in [0.717, 1.165) is 36.2 Å². The van der Waals surface area contributed by atoms with Gasteiger partial charge in [0.25, 0.3) is 0 Å². The maximum absolute atomic E-state index is 12.3. The number of anilines is 1. The predicted octanol–water partition coefficient (Wildman–Crippen LogP) is 7.54. The molecule has 36 heavy (non-hydrogen) atoms. The van der Waals surface area contributed by atoms with Crippen molar-refractivity contribution in [3.8, 4) is 17.0 Å². The van der Waals surface area contributed by atoms with Gasteiger partial charge in [-0.3, -0.25) is 14.6 Å². The second kappa shape index (κ2) is 13.9. The fourth-order valence-electron chi connectivity index (χ4n) is 3.70. The number of carbonyl (C=O) groups is 2. The van der Waals surface area contributed by atoms with E-state index in [2.05, 4.69) is 17.2 Å². The number of nitrogens with one attached hydrogen (secondary N) is 1. The average molecular weight is 529 g/mol. The van der Waals surface area contributed by atoms with Crippen LogP contribution in [0.3, 0.4) is 0 Å². The van der Waals surface area contributed by atoms with Crippen molar-refractivity contribution in [2.24, 2.45) is 0 Å². The van der Waals surface area contributed by atoms with Crippen LogP contribution in [-0.2, 0) is 4.79 Å². The van der Waals surface area contributed by atoms with Crippen LogP contribution < -0.4 is 10.1 Å². The van der Waals surface area contributed by atoms with Gasteiger partial charge in [-0.25, -0.2) is 0 Å². The van der Waals surface area contributed by atoms with Crippen LogP contribution in [0.4, 0.5) is 5.69 Å². The van der Waals surface area contributed by atoms with Gasteiger partial charge in [-0.2, -0.15) is 0 Å². The molecular formula is C28H30Cl2N2O4. The van der Waals surface area contributed by atoms with E-state index in [1.54, 1.807) is 30.5 Å². The molecule has 0 spiro atoms. The smallest absolute Gasteiger partial charge is 0.303 e. The fourth-order valence-corrected chi connectivity index (χ4v) is 4.20. The molecule has 1 aromatic heterocycles. The average Bonchev–Trinajstić information content (AvgIpc) is 2.86. The Kier molecular flexibility index (Phi) is 10.6. The summed E-state index contributed by atoms with van der Waals surface area (Å²) in [7, 11) is 0. The number of carboxylic acids is 1. The molecule has 0 aliphatic rings. The molecule has 2 N–H and O–H groups in total. The molecule has 2 aromatic carbocycles. The number of benzene rings is 2. The molecule has 0 saturated heterocycles. The lowest BCUT2D eigenvalue weighted by atomic mass is 10.0. The summed E-state index contributed by atoms with van der Waals surface area (Å²) in [4.78, 5) is 27.4. The number of unbranched alkanes of at least 4 members (excludes halogenated alkanes) is 1. The minimum atomic E-state index is -0.889. The summed E-state index contributed by atoms with van der Waals surface area (Å²) >= 11 is 12.3. The summed E-state index contributed by atoms with van der Waals surface area (Å²) in [5.74, 6) is -0.278. The molecule has 0 bridgehead atoms. The second-order valence-corrected chi connectivity index (χ2v) is 9.39. The Morgan fingerprint density at radius 2 is 1.81 bits per heavy atom. The van der Waals surface area contributed by atoms with Gasteiger partial charge in [0.15, 0.2) is 5.78 Å². The molecule has 1 heterocycles. The lowest BCUT2D eigenvalue weighted by Crippen LogP contribution is -2.27. The maximum atomic E-state index is 12.3. The summed E-state index contributed by atoms with van der Waals surface area (Å²) in [6, 6.07) is 16.4. The molecule has 1 atom stereocenters. The van der Waals surface area contributed by atoms with E-state index >= 15 is 0 Å². The molecule has 6 nitrogen and oxygen atoms in total. The van der Waals surface area contributed by atoms with Gasteiger partial charge in [-0.1, -0.05) is 43.0 Å². The lowest BCUT2D eigenvalue weighted by Gasteiger charge is -2.20. The van der Waals surface area contributed by atoms with E-state index in [1.165, 1.54) is 0 Å². The standard InChI is InChI=1S/C28H30Cl2N2O4/c1-2-3-5-22(32-21-11-8-19(9-12-21)27(33)6-4-7-28(34)35)18-36-23-13-15-26(31-17-23)24-14-10-20(29)16-25(24)30/h8-17,22,32H,2-7,18H2,1H3,(H,34,35)/t22-/m0/s1. The highest BCUT2D eigenvalue weighted by molar-refractivity contribution is 6.36. The topological polar surface area (TPSA) is 88.5 Å². The minimum Gasteiger partial charge on any atom is -0.490 e. The molecule has 3 aromatic rings. The number of aromatic nitrogens is 1. The first-order valence-electron chi connectivity index (χ1n) is 12.0. The van der Waals surface area contributed by atoms with Crippen molar-refractivity contribution < 1.29 is 19.4 Å². The van der Waals surface area contributed by atoms with Gasteiger partial charge in [0, 0.05) is 34.7 Å². The number of carbonyl (C=O) groups excluding carboxylic acids is 1. The molecule has 0 amide bonds. The molecule has 0 saturated carbocycles. The summed E-state index contributed by atoms with van der Waals surface area (Å²) in [6.45, 7) is 2.60. The van der Waals surface area contributed by atoms with Gasteiger partial charge in [0.1, 0.15) is 12.4 Å². The first-order valence-corrected chi connectivity index (χ1v) is 12.8. The SMILES string of the molecule is CCCC[C@@H](COc1ccc(-c2ccc(Cl)cc2Cl)nc1)Nc1ccc(C(=O)CCCC(=O)O)cc1. The van der Waals surface area contributed by atoms with Crippen molar-refractivity contribution in [3.05, 3.63) is 76.4 Å². The van der Waals surface area contributed by atoms with Crippen molar-refractivity contribution in [2.45, 2.75) is 51.5 Å². The number of nitrogens with zero attached hydrogens (tertiary/aromatic N) is 1. The highest BCUT2D eigenvalue weighted by Gasteiger charge is 2.12. The number of rotatable bonds is 14. The van der Waals surface area contributed by atoms with Gasteiger partial charge in [0.05, 0.1) is 23.0 Å². The Hall–Kier alpha value is -3.09. The monoisotopic (exact) mass is 528 g/mol. The Morgan fingerprint density at radius 3 is 2.44 bits per heavy atom. The summed E-state index contributed by atoms with van der Waals surface area (Å²) in [5.41, 5.74) is 3.02. The van der Waals surface area contributed by atoms with Crippen molar-refractivity contribution >= 4 is 40.6 Å². The first-order chi connectivity index (χ1) is 17.4. The molecule has 3 rings (SSSR count). The van der Waals surface area contributed by atoms with Crippen molar-refractivity contribution in [1.82, 2.24) is 4.98 Å². The van der Waals surface area contributed by atoms with Crippen LogP contribution in [0.25, 0.3) is 11.3 Å². The Labute approximate surface area is 221 Å². The Bertz CT molecular complexity index is 1150. The summed E-state index contributed by atoms with van der Waals surface area (Å²) in [6.07, 6.45) is 5.29. The van der Waals surface area contributed by atoms with E-state index in [0.29, 0.717) is 34.4 Å². The number of halogens is 2. The number of hydrogen-bond acceptors (Lipinski definition) is 5. The molecule has 0 radical (unpaired) electrons. The molecule has 0 unspecified atom stereocenters. The van der Waals surface area contributed by atoms with Crippen LogP contribution >= 0.6 is 23.2 Å². The quantitative estimate of drug-likeness (QED) is 0.210. The maximum Gasteiger partial charge on any atom is 0.303 e. The zero-order chi connectivity index (χ0) is 25.9. The number of ketones is 1. The Balaban J connectivity index is 1.57. The lowest BCUT2D eigenvalue weighted by molar-refractivity contribution is -0.137. The number of pyridine rings is 1. The normalized spacial score (nSPS) is 11.6. The van der Waals surface area contributed by atoms with Gasteiger partial charge in [0.2, 0.25) is 0 Å². The molecule has 0 aliphatic heterocycles. The molecule has 190 valence electrons. The summed E-state index contributed by atoms with van der Waals surface area (Å²) in [5, 5.41) is 13.3. The summed E-state index contributed by atoms with van der Waals surface area (Å²) < 4.78 is 6.02. The van der Waals surface area contributed by atoms with Crippen LogP contribution in [0.1, 0.15) is 55.8 Å². The third kappa shape index (κ3) is 8.54. The fraction of sp³-hybridized carbons (Fsp3) is 0.321. The highest BCUT2D eigenvalue weighted by Crippen LogP contribution is 2.29. The van der Waals surface area contributed by atoms with Gasteiger partial charge < -0.3 is 15.2 Å². The number of ether oxygens (including phenoxy) is 1. The zero-order valence-electron chi connectivity index (χ0n) is 20.2. The van der Waals surface area contributed by atoms with Gasteiger partial charge in [-0.05, 0) is 67.4 Å². The molecule has 0 fully saturated rings. The van der Waals surface area contributed by atoms with E-state index in [9.17, 15) is 9.59 Å². The van der Waals surface area contributed by atoms with Crippen LogP contribution in [0.2, 0.25) is 10.0 Å². The number of aliphatic carboxylic acids is 1. The van der Waals surface area contributed by atoms with Crippen LogP contribution in [0.15, 0.2) is 60.8 Å². The predicted molar refractivity (Wildman–Crippen MR) is 144 cm³/mol. The van der Waals surface area contributed by atoms with Crippen LogP contribution in [0, 0.1) is 0 Å². The molecular weight excluding hydrogens is 499 g/mol. The highest BCUT2D eigenvalue weighted by atomic mass is 35.5. The van der Waals surface area contributed by atoms with Crippen LogP contribution in [0.5, 0.6) is 5.75 Å². The van der Waals surface area contributed by atoms with Crippen molar-refractivity contribution in [1.29, 1.82) is 0 Å². The van der Waals surface area contributed by atoms with Crippen LogP contribution in [-0.4, -0.2) is 34.5 Å². The molecule has 8 heteroatoms. The third-order valence-electron chi connectivity index (χ3n) is 5.67. The number of carboxylic acid groups (broad SMARTS) is 1.